The Kier molecular flexibility index (Phi) is 3.55. The summed E-state index contributed by atoms with van der Waals surface area (Å²) in [6, 6.07) is -0.416. The van der Waals surface area contributed by atoms with Crippen molar-refractivity contribution in [2.45, 2.75) is 44.6 Å². The summed E-state index contributed by atoms with van der Waals surface area (Å²) >= 11 is 0. The van der Waals surface area contributed by atoms with Crippen molar-refractivity contribution in [1.82, 2.24) is 9.55 Å². The minimum atomic E-state index is -0.729. The molecule has 0 amide bonds. The molecule has 1 unspecified atom stereocenters. The molecule has 3 heterocycles. The van der Waals surface area contributed by atoms with E-state index in [0.29, 0.717) is 5.92 Å². The lowest BCUT2D eigenvalue weighted by Crippen LogP contribution is -2.28. The van der Waals surface area contributed by atoms with Gasteiger partial charge in [-0.3, -0.25) is 0 Å². The van der Waals surface area contributed by atoms with Crippen LogP contribution >= 0.6 is 0 Å². The molecule has 3 rings (SSSR count). The van der Waals surface area contributed by atoms with Gasteiger partial charge in [0.2, 0.25) is 0 Å². The molecular weight excluding hydrogens is 244 g/mol. The number of hydrogen-bond acceptors (Lipinski definition) is 3. The molecule has 19 heavy (non-hydrogen) atoms. The molecule has 1 fully saturated rings. The Balaban J connectivity index is 1.82. The van der Waals surface area contributed by atoms with Gasteiger partial charge in [0.1, 0.15) is 11.9 Å². The van der Waals surface area contributed by atoms with Crippen molar-refractivity contribution in [3.8, 4) is 0 Å². The Labute approximate surface area is 112 Å². The summed E-state index contributed by atoms with van der Waals surface area (Å²) < 4.78 is 7.34. The Morgan fingerprint density at radius 2 is 2.21 bits per heavy atom. The van der Waals surface area contributed by atoms with Crippen molar-refractivity contribution < 1.29 is 14.6 Å². The molecule has 5 nitrogen and oxygen atoms in total. The summed E-state index contributed by atoms with van der Waals surface area (Å²) in [4.78, 5) is 15.9. The lowest BCUT2D eigenvalue weighted by atomic mass is 9.95. The fourth-order valence-electron chi connectivity index (χ4n) is 3.20. The molecule has 5 heteroatoms. The van der Waals surface area contributed by atoms with E-state index in [1.165, 1.54) is 0 Å². The van der Waals surface area contributed by atoms with E-state index in [1.54, 1.807) is 0 Å². The molecule has 0 bridgehead atoms. The lowest BCUT2D eigenvalue weighted by Gasteiger charge is -2.26. The van der Waals surface area contributed by atoms with E-state index >= 15 is 0 Å². The Morgan fingerprint density at radius 3 is 2.95 bits per heavy atom. The number of aromatic nitrogens is 2. The van der Waals surface area contributed by atoms with Crippen LogP contribution in [-0.4, -0.2) is 33.8 Å². The number of aliphatic carboxylic acids is 1. The van der Waals surface area contributed by atoms with Gasteiger partial charge in [0.05, 0.1) is 0 Å². The first-order valence-corrected chi connectivity index (χ1v) is 7.11. The number of imidazole rings is 1. The summed E-state index contributed by atoms with van der Waals surface area (Å²) in [5, 5.41) is 9.37. The van der Waals surface area contributed by atoms with Crippen LogP contribution in [-0.2, 0) is 22.4 Å². The van der Waals surface area contributed by atoms with Crippen LogP contribution < -0.4 is 0 Å². The molecule has 1 aromatic heterocycles. The predicted octanol–water partition coefficient (Wildman–Crippen LogP) is 1.81. The number of nitrogens with zero attached hydrogens (tertiary/aromatic N) is 2. The number of hydrogen-bond donors (Lipinski definition) is 1. The average Bonchev–Trinajstić information content (AvgIpc) is 2.83. The third-order valence-corrected chi connectivity index (χ3v) is 4.27. The van der Waals surface area contributed by atoms with Crippen molar-refractivity contribution in [1.29, 1.82) is 0 Å². The van der Waals surface area contributed by atoms with E-state index in [9.17, 15) is 9.90 Å². The Bertz CT molecular complexity index is 463. The molecule has 0 aliphatic carbocycles. The molecule has 104 valence electrons. The largest absolute Gasteiger partial charge is 0.480 e. The van der Waals surface area contributed by atoms with E-state index in [0.717, 1.165) is 63.3 Å². The van der Waals surface area contributed by atoms with Gasteiger partial charge in [0.25, 0.3) is 0 Å². The fraction of sp³-hybridized carbons (Fsp3) is 0.714. The van der Waals surface area contributed by atoms with Crippen molar-refractivity contribution in [2.24, 2.45) is 5.92 Å². The second-order valence-corrected chi connectivity index (χ2v) is 5.54. The van der Waals surface area contributed by atoms with Crippen LogP contribution in [0.5, 0.6) is 0 Å². The number of rotatable bonds is 3. The summed E-state index contributed by atoms with van der Waals surface area (Å²) in [7, 11) is 0. The molecule has 0 aromatic carbocycles. The number of carboxylic acids is 1. The maximum Gasteiger partial charge on any atom is 0.326 e. The summed E-state index contributed by atoms with van der Waals surface area (Å²) in [5.41, 5.74) is 1.08. The number of fused-ring (bicyclic) bond motifs is 1. The van der Waals surface area contributed by atoms with Crippen LogP contribution in [0.25, 0.3) is 0 Å². The standard InChI is InChI=1S/C14H20N2O3/c17-14(18)12-3-1-2-11-9-15-13(16(11)12)8-10-4-6-19-7-5-10/h9-10,12H,1-8H2,(H,17,18). The van der Waals surface area contributed by atoms with Crippen LogP contribution in [0.1, 0.15) is 43.2 Å². The summed E-state index contributed by atoms with van der Waals surface area (Å²) in [5.74, 6) is 0.804. The molecule has 1 atom stereocenters. The number of aryl methyl sites for hydroxylation is 1. The molecule has 1 N–H and O–H groups in total. The quantitative estimate of drug-likeness (QED) is 0.904. The van der Waals surface area contributed by atoms with Gasteiger partial charge in [-0.1, -0.05) is 0 Å². The minimum Gasteiger partial charge on any atom is -0.480 e. The van der Waals surface area contributed by atoms with E-state index in [2.05, 4.69) is 4.98 Å². The zero-order chi connectivity index (χ0) is 13.2. The molecule has 0 spiro atoms. The highest BCUT2D eigenvalue weighted by Crippen LogP contribution is 2.29. The first-order chi connectivity index (χ1) is 9.25. The Hall–Kier alpha value is -1.36. The van der Waals surface area contributed by atoms with Gasteiger partial charge in [-0.25, -0.2) is 9.78 Å². The van der Waals surface area contributed by atoms with Crippen LogP contribution in [0.4, 0.5) is 0 Å². The normalized spacial score (nSPS) is 24.1. The van der Waals surface area contributed by atoms with E-state index in [-0.39, 0.29) is 0 Å². The third-order valence-electron chi connectivity index (χ3n) is 4.27. The lowest BCUT2D eigenvalue weighted by molar-refractivity contribution is -0.141. The molecule has 2 aliphatic rings. The highest BCUT2D eigenvalue weighted by molar-refractivity contribution is 5.72. The SMILES string of the molecule is O=C(O)C1CCCc2cnc(CC3CCOCC3)n21. The van der Waals surface area contributed by atoms with Crippen molar-refractivity contribution >= 4 is 5.97 Å². The van der Waals surface area contributed by atoms with Gasteiger partial charge in [0, 0.05) is 31.5 Å². The zero-order valence-corrected chi connectivity index (χ0v) is 11.0. The minimum absolute atomic E-state index is 0.416. The predicted molar refractivity (Wildman–Crippen MR) is 69.1 cm³/mol. The molecule has 0 radical (unpaired) electrons. The fourth-order valence-corrected chi connectivity index (χ4v) is 3.20. The van der Waals surface area contributed by atoms with Crippen molar-refractivity contribution in [3.05, 3.63) is 17.7 Å². The van der Waals surface area contributed by atoms with Crippen molar-refractivity contribution in [2.75, 3.05) is 13.2 Å². The van der Waals surface area contributed by atoms with Gasteiger partial charge < -0.3 is 14.4 Å². The van der Waals surface area contributed by atoms with Crippen LogP contribution in [0.3, 0.4) is 0 Å². The van der Waals surface area contributed by atoms with E-state index in [1.807, 2.05) is 10.8 Å². The van der Waals surface area contributed by atoms with Gasteiger partial charge >= 0.3 is 5.97 Å². The first kappa shape index (κ1) is 12.7. The highest BCUT2D eigenvalue weighted by atomic mass is 16.5. The molecule has 1 aromatic rings. The number of ether oxygens (including phenoxy) is 1. The van der Waals surface area contributed by atoms with Crippen molar-refractivity contribution in [3.63, 3.8) is 0 Å². The van der Waals surface area contributed by atoms with E-state index in [4.69, 9.17) is 4.74 Å². The second kappa shape index (κ2) is 5.33. The number of carbonyl (C=O) groups is 1. The molecule has 2 aliphatic heterocycles. The summed E-state index contributed by atoms with van der Waals surface area (Å²) in [6.07, 6.45) is 7.47. The topological polar surface area (TPSA) is 64.3 Å². The average molecular weight is 264 g/mol. The molecule has 0 saturated carbocycles. The first-order valence-electron chi connectivity index (χ1n) is 7.11. The summed E-state index contributed by atoms with van der Waals surface area (Å²) in [6.45, 7) is 1.64. The Morgan fingerprint density at radius 1 is 1.42 bits per heavy atom. The monoisotopic (exact) mass is 264 g/mol. The maximum atomic E-state index is 11.4. The van der Waals surface area contributed by atoms with E-state index < -0.39 is 12.0 Å². The maximum absolute atomic E-state index is 11.4. The second-order valence-electron chi connectivity index (χ2n) is 5.54. The van der Waals surface area contributed by atoms with Crippen LogP contribution in [0, 0.1) is 5.92 Å². The van der Waals surface area contributed by atoms with Gasteiger partial charge in [-0.15, -0.1) is 0 Å². The smallest absolute Gasteiger partial charge is 0.326 e. The van der Waals surface area contributed by atoms with Gasteiger partial charge in [0.15, 0.2) is 0 Å². The van der Waals surface area contributed by atoms with Crippen LogP contribution in [0.2, 0.25) is 0 Å². The zero-order valence-electron chi connectivity index (χ0n) is 11.0. The van der Waals surface area contributed by atoms with Gasteiger partial charge in [-0.2, -0.15) is 0 Å². The van der Waals surface area contributed by atoms with Crippen LogP contribution in [0.15, 0.2) is 6.20 Å². The van der Waals surface area contributed by atoms with Gasteiger partial charge in [-0.05, 0) is 38.0 Å². The number of carboxylic acid groups (broad SMARTS) is 1. The third kappa shape index (κ3) is 2.52. The molecule has 1 saturated heterocycles. The highest BCUT2D eigenvalue weighted by Gasteiger charge is 2.29. The molecular formula is C14H20N2O3.